The normalized spacial score (nSPS) is 10.8. The first-order valence-corrected chi connectivity index (χ1v) is 9.99. The molecule has 0 unspecified atom stereocenters. The number of pyridine rings is 1. The zero-order valence-electron chi connectivity index (χ0n) is 15.1. The van der Waals surface area contributed by atoms with Gasteiger partial charge in [-0.2, -0.15) is 5.10 Å². The molecule has 3 heterocycles. The van der Waals surface area contributed by atoms with E-state index in [0.29, 0.717) is 22.2 Å². The fourth-order valence-corrected chi connectivity index (χ4v) is 3.73. The summed E-state index contributed by atoms with van der Waals surface area (Å²) in [7, 11) is 1.69. The first-order chi connectivity index (χ1) is 13.5. The molecule has 0 saturated heterocycles. The maximum atomic E-state index is 13.0. The molecule has 4 rings (SSSR count). The highest BCUT2D eigenvalue weighted by molar-refractivity contribution is 9.10. The topological polar surface area (TPSA) is 76.8 Å². The number of amides is 1. The van der Waals surface area contributed by atoms with Crippen LogP contribution in [0, 0.1) is 6.92 Å². The predicted octanol–water partition coefficient (Wildman–Crippen LogP) is 4.13. The Balaban J connectivity index is 1.59. The average Bonchev–Trinajstić information content (AvgIpc) is 3.35. The summed E-state index contributed by atoms with van der Waals surface area (Å²) in [5, 5.41) is 14.0. The SMILES string of the molecule is Cc1c(C(=O)N(C)c2nnc(-c3ccc(Br)cc3)s2)cnn1-c1ccccn1. The van der Waals surface area contributed by atoms with Crippen LogP contribution in [0.1, 0.15) is 16.1 Å². The molecule has 9 heteroatoms. The Bertz CT molecular complexity index is 1120. The monoisotopic (exact) mass is 454 g/mol. The van der Waals surface area contributed by atoms with E-state index in [9.17, 15) is 4.79 Å². The number of hydrogen-bond donors (Lipinski definition) is 0. The lowest BCUT2D eigenvalue weighted by Gasteiger charge is -2.12. The third-order valence-electron chi connectivity index (χ3n) is 4.20. The van der Waals surface area contributed by atoms with E-state index in [4.69, 9.17) is 0 Å². The first-order valence-electron chi connectivity index (χ1n) is 8.38. The van der Waals surface area contributed by atoms with Crippen LogP contribution in [0.15, 0.2) is 59.3 Å². The minimum absolute atomic E-state index is 0.196. The molecule has 1 amide bonds. The molecule has 28 heavy (non-hydrogen) atoms. The summed E-state index contributed by atoms with van der Waals surface area (Å²) in [6.45, 7) is 1.84. The highest BCUT2D eigenvalue weighted by Crippen LogP contribution is 2.30. The zero-order valence-corrected chi connectivity index (χ0v) is 17.5. The molecule has 140 valence electrons. The van der Waals surface area contributed by atoms with Crippen LogP contribution < -0.4 is 4.90 Å². The smallest absolute Gasteiger partial charge is 0.263 e. The van der Waals surface area contributed by atoms with E-state index in [1.165, 1.54) is 16.2 Å². The van der Waals surface area contributed by atoms with E-state index in [-0.39, 0.29) is 5.91 Å². The molecular formula is C19H15BrN6OS. The molecule has 0 aliphatic heterocycles. The molecule has 4 aromatic rings. The lowest BCUT2D eigenvalue weighted by atomic mass is 10.2. The van der Waals surface area contributed by atoms with Gasteiger partial charge in [0.25, 0.3) is 5.91 Å². The minimum Gasteiger partial charge on any atom is -0.286 e. The minimum atomic E-state index is -0.196. The van der Waals surface area contributed by atoms with Crippen molar-refractivity contribution in [2.45, 2.75) is 6.92 Å². The van der Waals surface area contributed by atoms with Crippen molar-refractivity contribution < 1.29 is 4.79 Å². The summed E-state index contributed by atoms with van der Waals surface area (Å²) >= 11 is 4.78. The molecule has 0 N–H and O–H groups in total. The van der Waals surface area contributed by atoms with Gasteiger partial charge in [0, 0.05) is 23.3 Å². The summed E-state index contributed by atoms with van der Waals surface area (Å²) in [5.74, 6) is 0.466. The quantitative estimate of drug-likeness (QED) is 0.463. The third-order valence-corrected chi connectivity index (χ3v) is 5.78. The second kappa shape index (κ2) is 7.61. The van der Waals surface area contributed by atoms with Crippen LogP contribution in [0.3, 0.4) is 0 Å². The fraction of sp³-hybridized carbons (Fsp3) is 0.105. The molecule has 7 nitrogen and oxygen atoms in total. The van der Waals surface area contributed by atoms with Crippen LogP contribution in [-0.4, -0.2) is 37.9 Å². The van der Waals surface area contributed by atoms with Crippen molar-refractivity contribution in [3.8, 4) is 16.4 Å². The Morgan fingerprint density at radius 3 is 2.64 bits per heavy atom. The van der Waals surface area contributed by atoms with Gasteiger partial charge in [-0.05, 0) is 31.2 Å². The van der Waals surface area contributed by atoms with E-state index in [1.54, 1.807) is 24.1 Å². The van der Waals surface area contributed by atoms with Crippen molar-refractivity contribution in [2.75, 3.05) is 11.9 Å². The lowest BCUT2D eigenvalue weighted by molar-refractivity contribution is 0.0992. The fourth-order valence-electron chi connectivity index (χ4n) is 2.66. The molecule has 3 aromatic heterocycles. The summed E-state index contributed by atoms with van der Waals surface area (Å²) in [6.07, 6.45) is 3.24. The van der Waals surface area contributed by atoms with Gasteiger partial charge < -0.3 is 0 Å². The summed E-state index contributed by atoms with van der Waals surface area (Å²) in [6, 6.07) is 13.4. The number of nitrogens with zero attached hydrogens (tertiary/aromatic N) is 6. The Hall–Kier alpha value is -2.91. The molecule has 0 atom stereocenters. The standard InChI is InChI=1S/C19H15BrN6OS/c1-12-15(11-22-26(12)16-5-3-4-10-21-16)18(27)25(2)19-24-23-17(28-19)13-6-8-14(20)9-7-13/h3-11H,1-2H3. The third kappa shape index (κ3) is 3.46. The van der Waals surface area contributed by atoms with E-state index in [2.05, 4.69) is 36.2 Å². The van der Waals surface area contributed by atoms with Crippen molar-refractivity contribution in [1.82, 2.24) is 25.0 Å². The number of rotatable bonds is 4. The van der Waals surface area contributed by atoms with Gasteiger partial charge in [0.05, 0.1) is 17.5 Å². The Kier molecular flexibility index (Phi) is 5.01. The van der Waals surface area contributed by atoms with E-state index in [1.807, 2.05) is 49.4 Å². The highest BCUT2D eigenvalue weighted by Gasteiger charge is 2.22. The van der Waals surface area contributed by atoms with Gasteiger partial charge in [0.2, 0.25) is 5.13 Å². The van der Waals surface area contributed by atoms with Gasteiger partial charge in [0.1, 0.15) is 5.01 Å². The van der Waals surface area contributed by atoms with Crippen molar-refractivity contribution in [3.05, 3.63) is 70.6 Å². The molecule has 1 aromatic carbocycles. The van der Waals surface area contributed by atoms with Gasteiger partial charge in [0.15, 0.2) is 5.82 Å². The molecule has 0 aliphatic rings. The summed E-state index contributed by atoms with van der Waals surface area (Å²) in [5.41, 5.74) is 2.16. The Morgan fingerprint density at radius 1 is 1.14 bits per heavy atom. The van der Waals surface area contributed by atoms with Gasteiger partial charge in [-0.25, -0.2) is 9.67 Å². The molecular weight excluding hydrogens is 440 g/mol. The number of carbonyl (C=O) groups excluding carboxylic acids is 1. The lowest BCUT2D eigenvalue weighted by Crippen LogP contribution is -2.26. The van der Waals surface area contributed by atoms with Crippen molar-refractivity contribution in [2.24, 2.45) is 0 Å². The van der Waals surface area contributed by atoms with Gasteiger partial charge in [-0.3, -0.25) is 9.69 Å². The summed E-state index contributed by atoms with van der Waals surface area (Å²) in [4.78, 5) is 18.8. The molecule has 0 spiro atoms. The van der Waals surface area contributed by atoms with Crippen LogP contribution in [-0.2, 0) is 0 Å². The van der Waals surface area contributed by atoms with Crippen LogP contribution in [0.4, 0.5) is 5.13 Å². The second-order valence-corrected chi connectivity index (χ2v) is 7.88. The van der Waals surface area contributed by atoms with Crippen LogP contribution in [0.2, 0.25) is 0 Å². The van der Waals surface area contributed by atoms with Gasteiger partial charge >= 0.3 is 0 Å². The van der Waals surface area contributed by atoms with Crippen molar-refractivity contribution in [3.63, 3.8) is 0 Å². The number of aromatic nitrogens is 5. The highest BCUT2D eigenvalue weighted by atomic mass is 79.9. The molecule has 0 saturated carbocycles. The largest absolute Gasteiger partial charge is 0.286 e. The number of halogens is 1. The van der Waals surface area contributed by atoms with E-state index in [0.717, 1.165) is 15.0 Å². The van der Waals surface area contributed by atoms with Crippen LogP contribution >= 0.6 is 27.3 Å². The number of hydrogen-bond acceptors (Lipinski definition) is 6. The maximum absolute atomic E-state index is 13.0. The number of benzene rings is 1. The zero-order chi connectivity index (χ0) is 19.7. The second-order valence-electron chi connectivity index (χ2n) is 6.00. The summed E-state index contributed by atoms with van der Waals surface area (Å²) < 4.78 is 2.64. The van der Waals surface area contributed by atoms with E-state index >= 15 is 0 Å². The van der Waals surface area contributed by atoms with E-state index < -0.39 is 0 Å². The van der Waals surface area contributed by atoms with Gasteiger partial charge in [-0.15, -0.1) is 10.2 Å². The predicted molar refractivity (Wildman–Crippen MR) is 112 cm³/mol. The van der Waals surface area contributed by atoms with Crippen LogP contribution in [0.25, 0.3) is 16.4 Å². The number of anilines is 1. The van der Waals surface area contributed by atoms with Crippen LogP contribution in [0.5, 0.6) is 0 Å². The first kappa shape index (κ1) is 18.5. The molecule has 0 aliphatic carbocycles. The Morgan fingerprint density at radius 2 is 1.93 bits per heavy atom. The van der Waals surface area contributed by atoms with Gasteiger partial charge in [-0.1, -0.05) is 45.5 Å². The molecule has 0 radical (unpaired) electrons. The molecule has 0 bridgehead atoms. The van der Waals surface area contributed by atoms with Crippen molar-refractivity contribution >= 4 is 38.3 Å². The maximum Gasteiger partial charge on any atom is 0.263 e. The molecule has 0 fully saturated rings. The van der Waals surface area contributed by atoms with Crippen molar-refractivity contribution in [1.29, 1.82) is 0 Å². The number of carbonyl (C=O) groups is 1. The Labute approximate surface area is 173 Å². The average molecular weight is 455 g/mol.